The van der Waals surface area contributed by atoms with Crippen molar-refractivity contribution in [1.82, 2.24) is 0 Å². The number of carbonyl (C=O) groups is 1. The Morgan fingerprint density at radius 1 is 0.879 bits per heavy atom. The van der Waals surface area contributed by atoms with Crippen LogP contribution in [0, 0.1) is 0 Å². The van der Waals surface area contributed by atoms with Gasteiger partial charge in [0.15, 0.2) is 0 Å². The van der Waals surface area contributed by atoms with E-state index in [1.165, 1.54) is 20.5 Å². The summed E-state index contributed by atoms with van der Waals surface area (Å²) >= 11 is 0. The predicted octanol–water partition coefficient (Wildman–Crippen LogP) is 5.37. The van der Waals surface area contributed by atoms with Crippen LogP contribution < -0.4 is 4.74 Å². The molecule has 0 atom stereocenters. The van der Waals surface area contributed by atoms with Gasteiger partial charge in [0.2, 0.25) is 0 Å². The van der Waals surface area contributed by atoms with Crippen molar-refractivity contribution in [1.29, 1.82) is 0 Å². The fourth-order valence-corrected chi connectivity index (χ4v) is 3.14. The van der Waals surface area contributed by atoms with Crippen molar-refractivity contribution in [2.45, 2.75) is 20.1 Å². The Morgan fingerprint density at radius 2 is 1.58 bits per heavy atom. The Bertz CT molecular complexity index is 1100. The van der Waals surface area contributed by atoms with Crippen LogP contribution in [0.15, 0.2) is 90.3 Å². The summed E-state index contributed by atoms with van der Waals surface area (Å²) in [6.07, 6.45) is 1.38. The number of nitrogens with zero attached hydrogens (tertiary/aromatic N) is 1. The second-order valence-corrected chi connectivity index (χ2v) is 7.16. The normalized spacial score (nSPS) is 11.6. The minimum atomic E-state index is -0.474. The highest BCUT2D eigenvalue weighted by molar-refractivity contribution is 6.16. The van der Waals surface area contributed by atoms with E-state index < -0.39 is 5.97 Å². The molecular weight excluding hydrogens is 418 g/mol. The first kappa shape index (κ1) is 23.6. The molecule has 170 valence electrons. The average Bonchev–Trinajstić information content (AvgIpc) is 2.86. The van der Waals surface area contributed by atoms with E-state index in [2.05, 4.69) is 5.16 Å². The average molecular weight is 446 g/mol. The van der Waals surface area contributed by atoms with Crippen LogP contribution in [0.25, 0.3) is 5.57 Å². The Labute approximate surface area is 194 Å². The maximum atomic E-state index is 12.2. The molecular formula is C27H27NO5. The van der Waals surface area contributed by atoms with Crippen molar-refractivity contribution < 1.29 is 23.8 Å². The zero-order valence-electron chi connectivity index (χ0n) is 19.0. The highest BCUT2D eigenvalue weighted by Gasteiger charge is 2.16. The van der Waals surface area contributed by atoms with Crippen molar-refractivity contribution in [2.24, 2.45) is 5.16 Å². The molecule has 0 amide bonds. The largest absolute Gasteiger partial charge is 0.503 e. The first-order valence-electron chi connectivity index (χ1n) is 10.5. The number of oxime groups is 1. The van der Waals surface area contributed by atoms with Gasteiger partial charge in [0.25, 0.3) is 0 Å². The molecule has 0 radical (unpaired) electrons. The van der Waals surface area contributed by atoms with E-state index in [0.717, 1.165) is 22.4 Å². The number of hydrogen-bond acceptors (Lipinski definition) is 6. The quantitative estimate of drug-likeness (QED) is 0.138. The van der Waals surface area contributed by atoms with Gasteiger partial charge in [-0.25, -0.2) is 4.79 Å². The molecule has 3 aromatic rings. The third kappa shape index (κ3) is 6.71. The lowest BCUT2D eigenvalue weighted by atomic mass is 10.0. The van der Waals surface area contributed by atoms with Gasteiger partial charge < -0.3 is 19.0 Å². The van der Waals surface area contributed by atoms with Gasteiger partial charge in [-0.1, -0.05) is 59.8 Å². The van der Waals surface area contributed by atoms with Gasteiger partial charge in [-0.2, -0.15) is 0 Å². The van der Waals surface area contributed by atoms with E-state index >= 15 is 0 Å². The van der Waals surface area contributed by atoms with Crippen LogP contribution in [0.2, 0.25) is 0 Å². The van der Waals surface area contributed by atoms with E-state index in [1.807, 2.05) is 85.8 Å². The van der Waals surface area contributed by atoms with Crippen LogP contribution >= 0.6 is 0 Å². The summed E-state index contributed by atoms with van der Waals surface area (Å²) in [6.45, 7) is 2.60. The molecule has 0 spiro atoms. The summed E-state index contributed by atoms with van der Waals surface area (Å²) in [5.41, 5.74) is 4.64. The molecule has 0 aliphatic heterocycles. The molecule has 3 aromatic carbocycles. The van der Waals surface area contributed by atoms with E-state index in [-0.39, 0.29) is 6.61 Å². The van der Waals surface area contributed by atoms with Gasteiger partial charge in [-0.05, 0) is 53.4 Å². The molecule has 0 aliphatic rings. The molecule has 0 saturated carbocycles. The zero-order valence-corrected chi connectivity index (χ0v) is 19.0. The van der Waals surface area contributed by atoms with Crippen LogP contribution in [0.3, 0.4) is 0 Å². The standard InChI is InChI=1S/C27H27NO5/c1-20(28-33-17-21-9-5-4-6-10-21)22-13-15-24(16-14-22)32-18-23-11-7-8-12-25(23)26(19-30-2)27(29)31-3/h4-16,19H,17-18H2,1-3H3. The molecule has 0 aromatic heterocycles. The second-order valence-electron chi connectivity index (χ2n) is 7.16. The first-order chi connectivity index (χ1) is 16.1. The maximum Gasteiger partial charge on any atom is 0.341 e. The topological polar surface area (TPSA) is 66.4 Å². The fourth-order valence-electron chi connectivity index (χ4n) is 3.14. The third-order valence-corrected chi connectivity index (χ3v) is 4.89. The summed E-state index contributed by atoms with van der Waals surface area (Å²) in [6, 6.07) is 25.0. The Balaban J connectivity index is 1.63. The lowest BCUT2D eigenvalue weighted by molar-refractivity contribution is -0.133. The molecule has 6 nitrogen and oxygen atoms in total. The number of carbonyl (C=O) groups excluding carboxylic acids is 1. The lowest BCUT2D eigenvalue weighted by Crippen LogP contribution is -2.08. The molecule has 0 N–H and O–H groups in total. The van der Waals surface area contributed by atoms with Gasteiger partial charge >= 0.3 is 5.97 Å². The molecule has 0 bridgehead atoms. The SMILES string of the molecule is COC=C(C(=O)OC)c1ccccc1COc1ccc(C(C)=NOCc2ccccc2)cc1. The van der Waals surface area contributed by atoms with Crippen molar-refractivity contribution in [3.05, 3.63) is 107 Å². The molecule has 6 heteroatoms. The summed E-state index contributed by atoms with van der Waals surface area (Å²) in [4.78, 5) is 17.6. The Kier molecular flexibility index (Phi) is 8.65. The minimum absolute atomic E-state index is 0.279. The summed E-state index contributed by atoms with van der Waals surface area (Å²) in [5.74, 6) is 0.222. The third-order valence-electron chi connectivity index (χ3n) is 4.89. The minimum Gasteiger partial charge on any atom is -0.503 e. The van der Waals surface area contributed by atoms with Crippen LogP contribution in [0.4, 0.5) is 0 Å². The van der Waals surface area contributed by atoms with E-state index in [0.29, 0.717) is 23.5 Å². The highest BCUT2D eigenvalue weighted by atomic mass is 16.6. The summed E-state index contributed by atoms with van der Waals surface area (Å²) in [5, 5.41) is 4.20. The molecule has 33 heavy (non-hydrogen) atoms. The monoisotopic (exact) mass is 445 g/mol. The van der Waals surface area contributed by atoms with Gasteiger partial charge in [-0.15, -0.1) is 0 Å². The first-order valence-corrected chi connectivity index (χ1v) is 10.5. The molecule has 0 heterocycles. The van der Waals surface area contributed by atoms with Crippen molar-refractivity contribution in [3.63, 3.8) is 0 Å². The van der Waals surface area contributed by atoms with Crippen LogP contribution in [-0.2, 0) is 32.3 Å². The lowest BCUT2D eigenvalue weighted by Gasteiger charge is -2.13. The van der Waals surface area contributed by atoms with Crippen LogP contribution in [0.1, 0.15) is 29.2 Å². The van der Waals surface area contributed by atoms with E-state index in [1.54, 1.807) is 0 Å². The van der Waals surface area contributed by atoms with Gasteiger partial charge in [-0.3, -0.25) is 0 Å². The Hall–Kier alpha value is -4.06. The number of hydrogen-bond donors (Lipinski definition) is 0. The number of ether oxygens (including phenoxy) is 3. The molecule has 3 rings (SSSR count). The highest BCUT2D eigenvalue weighted by Crippen LogP contribution is 2.23. The van der Waals surface area contributed by atoms with E-state index in [4.69, 9.17) is 19.0 Å². The van der Waals surface area contributed by atoms with Crippen LogP contribution in [-0.4, -0.2) is 25.9 Å². The molecule has 0 fully saturated rings. The van der Waals surface area contributed by atoms with E-state index in [9.17, 15) is 4.79 Å². The number of rotatable bonds is 10. The summed E-state index contributed by atoms with van der Waals surface area (Å²) in [7, 11) is 2.83. The van der Waals surface area contributed by atoms with Crippen molar-refractivity contribution in [2.75, 3.05) is 14.2 Å². The molecule has 0 saturated heterocycles. The summed E-state index contributed by atoms with van der Waals surface area (Å²) < 4.78 is 15.9. The predicted molar refractivity (Wildman–Crippen MR) is 128 cm³/mol. The Morgan fingerprint density at radius 3 is 2.27 bits per heavy atom. The number of methoxy groups -OCH3 is 2. The smallest absolute Gasteiger partial charge is 0.341 e. The van der Waals surface area contributed by atoms with Gasteiger partial charge in [0.1, 0.15) is 24.5 Å². The van der Waals surface area contributed by atoms with Gasteiger partial charge in [0.05, 0.1) is 26.2 Å². The molecule has 0 aliphatic carbocycles. The van der Waals surface area contributed by atoms with Crippen molar-refractivity contribution >= 4 is 17.3 Å². The van der Waals surface area contributed by atoms with Crippen LogP contribution in [0.5, 0.6) is 5.75 Å². The fraction of sp³-hybridized carbons (Fsp3) is 0.185. The number of esters is 1. The second kappa shape index (κ2) is 12.1. The molecule has 0 unspecified atom stereocenters. The van der Waals surface area contributed by atoms with Crippen molar-refractivity contribution in [3.8, 4) is 5.75 Å². The maximum absolute atomic E-state index is 12.2. The zero-order chi connectivity index (χ0) is 23.5. The van der Waals surface area contributed by atoms with Gasteiger partial charge in [0, 0.05) is 0 Å². The number of benzene rings is 3.